The Morgan fingerprint density at radius 3 is 2.81 bits per heavy atom. The fourth-order valence-corrected chi connectivity index (χ4v) is 1.30. The van der Waals surface area contributed by atoms with Gasteiger partial charge >= 0.3 is 0 Å². The molecule has 90 valence electrons. The number of aromatic nitrogens is 1. The number of rotatable bonds is 6. The van der Waals surface area contributed by atoms with E-state index in [0.717, 1.165) is 18.7 Å². The molecule has 0 radical (unpaired) electrons. The van der Waals surface area contributed by atoms with Gasteiger partial charge in [-0.3, -0.25) is 4.98 Å². The molecule has 0 aliphatic rings. The Morgan fingerprint density at radius 2 is 2.19 bits per heavy atom. The molecule has 0 aromatic carbocycles. The van der Waals surface area contributed by atoms with Crippen LogP contribution in [0.4, 0.5) is 4.39 Å². The predicted molar refractivity (Wildman–Crippen MR) is 63.7 cm³/mol. The second kappa shape index (κ2) is 6.55. The zero-order valence-corrected chi connectivity index (χ0v) is 10.2. The number of nitrogens with zero attached hydrogens (tertiary/aromatic N) is 2. The minimum atomic E-state index is -0.279. The molecule has 0 aliphatic heterocycles. The van der Waals surface area contributed by atoms with E-state index in [2.05, 4.69) is 36.1 Å². The van der Waals surface area contributed by atoms with Crippen molar-refractivity contribution in [3.63, 3.8) is 0 Å². The summed E-state index contributed by atoms with van der Waals surface area (Å²) in [6.07, 6.45) is 2.90. The summed E-state index contributed by atoms with van der Waals surface area (Å²) in [5.74, 6) is -0.279. The molecule has 1 heterocycles. The highest BCUT2D eigenvalue weighted by Gasteiger charge is 2.01. The highest BCUT2D eigenvalue weighted by molar-refractivity contribution is 5.09. The number of hydrogen-bond acceptors (Lipinski definition) is 3. The third-order valence-corrected chi connectivity index (χ3v) is 2.61. The van der Waals surface area contributed by atoms with Crippen LogP contribution in [-0.4, -0.2) is 36.1 Å². The molecule has 0 saturated carbocycles. The summed E-state index contributed by atoms with van der Waals surface area (Å²) < 4.78 is 12.8. The Hall–Kier alpha value is -1.00. The van der Waals surface area contributed by atoms with Crippen LogP contribution in [0.3, 0.4) is 0 Å². The Kier molecular flexibility index (Phi) is 5.35. The largest absolute Gasteiger partial charge is 0.311 e. The quantitative estimate of drug-likeness (QED) is 0.746. The van der Waals surface area contributed by atoms with E-state index in [9.17, 15) is 4.39 Å². The summed E-state index contributed by atoms with van der Waals surface area (Å²) in [4.78, 5) is 6.06. The zero-order valence-electron chi connectivity index (χ0n) is 10.2. The fourth-order valence-electron chi connectivity index (χ4n) is 1.30. The summed E-state index contributed by atoms with van der Waals surface area (Å²) >= 11 is 0. The Balaban J connectivity index is 2.21. The second-order valence-electron chi connectivity index (χ2n) is 4.26. The van der Waals surface area contributed by atoms with Crippen molar-refractivity contribution < 1.29 is 4.39 Å². The molecule has 0 aliphatic carbocycles. The monoisotopic (exact) mass is 225 g/mol. The molecule has 1 aromatic rings. The van der Waals surface area contributed by atoms with Gasteiger partial charge in [-0.25, -0.2) is 4.39 Å². The van der Waals surface area contributed by atoms with Crippen LogP contribution in [0, 0.1) is 5.82 Å². The molecule has 1 N–H and O–H groups in total. The molecule has 1 rings (SSSR count). The van der Waals surface area contributed by atoms with E-state index < -0.39 is 0 Å². The molecule has 16 heavy (non-hydrogen) atoms. The van der Waals surface area contributed by atoms with Crippen molar-refractivity contribution >= 4 is 0 Å². The third-order valence-electron chi connectivity index (χ3n) is 2.61. The number of halogens is 1. The van der Waals surface area contributed by atoms with E-state index in [4.69, 9.17) is 0 Å². The predicted octanol–water partition coefficient (Wildman–Crippen LogP) is 1.65. The lowest BCUT2D eigenvalue weighted by Crippen LogP contribution is -2.33. The molecule has 0 amide bonds. The first-order chi connectivity index (χ1) is 7.59. The average molecular weight is 225 g/mol. The van der Waals surface area contributed by atoms with Gasteiger partial charge in [-0.2, -0.15) is 0 Å². The molecule has 0 unspecified atom stereocenters. The smallest absolute Gasteiger partial charge is 0.141 e. The zero-order chi connectivity index (χ0) is 12.0. The van der Waals surface area contributed by atoms with E-state index in [1.807, 2.05) is 0 Å². The van der Waals surface area contributed by atoms with Gasteiger partial charge < -0.3 is 10.2 Å². The van der Waals surface area contributed by atoms with Gasteiger partial charge in [0.2, 0.25) is 0 Å². The first-order valence-corrected chi connectivity index (χ1v) is 5.60. The lowest BCUT2D eigenvalue weighted by Gasteiger charge is -2.20. The van der Waals surface area contributed by atoms with Crippen LogP contribution in [0.1, 0.15) is 19.4 Å². The maximum Gasteiger partial charge on any atom is 0.141 e. The maximum atomic E-state index is 12.8. The molecular formula is C12H20FN3. The van der Waals surface area contributed by atoms with E-state index in [-0.39, 0.29) is 5.82 Å². The summed E-state index contributed by atoms with van der Waals surface area (Å²) in [5, 5.41) is 3.27. The Morgan fingerprint density at radius 1 is 1.44 bits per heavy atom. The molecular weight excluding hydrogens is 205 g/mol. The Labute approximate surface area is 96.7 Å². The highest BCUT2D eigenvalue weighted by Crippen LogP contribution is 1.99. The molecule has 0 spiro atoms. The van der Waals surface area contributed by atoms with Crippen molar-refractivity contribution in [3.8, 4) is 0 Å². The summed E-state index contributed by atoms with van der Waals surface area (Å²) in [6, 6.07) is 2.06. The van der Waals surface area contributed by atoms with Gasteiger partial charge in [-0.1, -0.05) is 0 Å². The van der Waals surface area contributed by atoms with Gasteiger partial charge in [0.05, 0.1) is 6.20 Å². The van der Waals surface area contributed by atoms with Gasteiger partial charge in [-0.15, -0.1) is 0 Å². The van der Waals surface area contributed by atoms with Crippen molar-refractivity contribution in [1.29, 1.82) is 0 Å². The van der Waals surface area contributed by atoms with Crippen LogP contribution < -0.4 is 5.32 Å². The second-order valence-corrected chi connectivity index (χ2v) is 4.26. The SMILES string of the molecule is CC(C)N(C)CCNCc1cncc(F)c1. The molecule has 1 aromatic heterocycles. The minimum absolute atomic E-state index is 0.279. The van der Waals surface area contributed by atoms with Crippen LogP contribution in [-0.2, 0) is 6.54 Å². The van der Waals surface area contributed by atoms with E-state index >= 15 is 0 Å². The summed E-state index contributed by atoms with van der Waals surface area (Å²) in [5.41, 5.74) is 0.882. The molecule has 0 fully saturated rings. The summed E-state index contributed by atoms with van der Waals surface area (Å²) in [6.45, 7) is 6.87. The van der Waals surface area contributed by atoms with Crippen LogP contribution >= 0.6 is 0 Å². The van der Waals surface area contributed by atoms with Gasteiger partial charge in [0, 0.05) is 31.9 Å². The topological polar surface area (TPSA) is 28.2 Å². The van der Waals surface area contributed by atoms with E-state index in [0.29, 0.717) is 12.6 Å². The third kappa shape index (κ3) is 4.68. The van der Waals surface area contributed by atoms with Gasteiger partial charge in [0.15, 0.2) is 0 Å². The molecule has 0 saturated heterocycles. The number of nitrogens with one attached hydrogen (secondary N) is 1. The standard InChI is InChI=1S/C12H20FN3/c1-10(2)16(3)5-4-14-7-11-6-12(13)9-15-8-11/h6,8-10,14H,4-5,7H2,1-3H3. The average Bonchev–Trinajstić information content (AvgIpc) is 2.24. The van der Waals surface area contributed by atoms with Crippen molar-refractivity contribution in [3.05, 3.63) is 29.8 Å². The van der Waals surface area contributed by atoms with Gasteiger partial charge in [0.1, 0.15) is 5.82 Å². The lowest BCUT2D eigenvalue weighted by atomic mass is 10.3. The fraction of sp³-hybridized carbons (Fsp3) is 0.583. The number of likely N-dealkylation sites (N-methyl/N-ethyl adjacent to an activating group) is 1. The van der Waals surface area contributed by atoms with Gasteiger partial charge in [0.25, 0.3) is 0 Å². The molecule has 0 atom stereocenters. The Bertz CT molecular complexity index is 315. The minimum Gasteiger partial charge on any atom is -0.311 e. The number of hydrogen-bond donors (Lipinski definition) is 1. The van der Waals surface area contributed by atoms with Crippen molar-refractivity contribution in [1.82, 2.24) is 15.2 Å². The van der Waals surface area contributed by atoms with Crippen LogP contribution in [0.5, 0.6) is 0 Å². The van der Waals surface area contributed by atoms with Gasteiger partial charge in [-0.05, 0) is 32.5 Å². The van der Waals surface area contributed by atoms with E-state index in [1.165, 1.54) is 12.3 Å². The van der Waals surface area contributed by atoms with Crippen LogP contribution in [0.2, 0.25) is 0 Å². The van der Waals surface area contributed by atoms with Crippen molar-refractivity contribution in [2.24, 2.45) is 0 Å². The highest BCUT2D eigenvalue weighted by atomic mass is 19.1. The number of pyridine rings is 1. The van der Waals surface area contributed by atoms with Crippen molar-refractivity contribution in [2.45, 2.75) is 26.4 Å². The molecule has 3 nitrogen and oxygen atoms in total. The van der Waals surface area contributed by atoms with Crippen LogP contribution in [0.25, 0.3) is 0 Å². The molecule has 0 bridgehead atoms. The lowest BCUT2D eigenvalue weighted by molar-refractivity contribution is 0.273. The first-order valence-electron chi connectivity index (χ1n) is 5.60. The van der Waals surface area contributed by atoms with Crippen molar-refractivity contribution in [2.75, 3.05) is 20.1 Å². The summed E-state index contributed by atoms with van der Waals surface area (Å²) in [7, 11) is 2.09. The van der Waals surface area contributed by atoms with E-state index in [1.54, 1.807) is 6.20 Å². The van der Waals surface area contributed by atoms with Crippen LogP contribution in [0.15, 0.2) is 18.5 Å². The first kappa shape index (κ1) is 13.1. The molecule has 4 heteroatoms. The normalized spacial score (nSPS) is 11.4. The maximum absolute atomic E-state index is 12.8.